The third kappa shape index (κ3) is 2.79. The summed E-state index contributed by atoms with van der Waals surface area (Å²) in [5.74, 6) is -2.01. The maximum Gasteiger partial charge on any atom is 0.358 e. The van der Waals surface area contributed by atoms with Gasteiger partial charge in [0.15, 0.2) is 5.69 Å². The molecule has 1 aromatic carbocycles. The highest BCUT2D eigenvalue weighted by Gasteiger charge is 2.21. The molecule has 2 N–H and O–H groups in total. The normalized spacial score (nSPS) is 10.6. The molecule has 0 aliphatic carbocycles. The van der Waals surface area contributed by atoms with Crippen LogP contribution in [0.3, 0.4) is 0 Å². The van der Waals surface area contributed by atoms with Gasteiger partial charge in [0.1, 0.15) is 5.82 Å². The van der Waals surface area contributed by atoms with Gasteiger partial charge in [-0.15, -0.1) is 0 Å². The monoisotopic (exact) mass is 288 g/mol. The number of aryl methyl sites for hydroxylation is 1. The number of hydrogen-bond donors (Lipinski definition) is 2. The molecule has 0 spiro atoms. The first-order chi connectivity index (χ1) is 9.95. The number of aromatic hydroxyl groups is 1. The molecule has 6 heteroatoms. The van der Waals surface area contributed by atoms with Gasteiger partial charge in [-0.05, 0) is 13.3 Å². The fourth-order valence-corrected chi connectivity index (χ4v) is 2.05. The van der Waals surface area contributed by atoms with E-state index in [2.05, 4.69) is 4.98 Å². The van der Waals surface area contributed by atoms with E-state index >= 15 is 0 Å². The summed E-state index contributed by atoms with van der Waals surface area (Å²) in [6, 6.07) is 7.24. The number of rotatable bonds is 4. The summed E-state index contributed by atoms with van der Waals surface area (Å²) in [6.45, 7) is 4.16. The van der Waals surface area contributed by atoms with Crippen LogP contribution >= 0.6 is 0 Å². The van der Waals surface area contributed by atoms with Crippen molar-refractivity contribution in [3.63, 3.8) is 0 Å². The average molecular weight is 288 g/mol. The predicted molar refractivity (Wildman–Crippen MR) is 77.6 cm³/mol. The number of carboxylic acid groups (broad SMARTS) is 1. The van der Waals surface area contributed by atoms with Gasteiger partial charge in [-0.3, -0.25) is 9.36 Å². The van der Waals surface area contributed by atoms with Crippen LogP contribution in [0.15, 0.2) is 29.1 Å². The van der Waals surface area contributed by atoms with Crippen LogP contribution in [-0.4, -0.2) is 25.7 Å². The largest absolute Gasteiger partial charge is 0.501 e. The summed E-state index contributed by atoms with van der Waals surface area (Å²) in [6.07, 6.45) is 0.659. The van der Waals surface area contributed by atoms with Gasteiger partial charge in [-0.2, -0.15) is 0 Å². The fourth-order valence-electron chi connectivity index (χ4n) is 2.05. The van der Waals surface area contributed by atoms with Crippen molar-refractivity contribution in [3.05, 3.63) is 45.9 Å². The molecule has 0 aliphatic heterocycles. The van der Waals surface area contributed by atoms with Gasteiger partial charge in [-0.25, -0.2) is 9.78 Å². The molecule has 0 bridgehead atoms. The van der Waals surface area contributed by atoms with Crippen LogP contribution in [0.25, 0.3) is 11.4 Å². The minimum Gasteiger partial charge on any atom is -0.501 e. The molecule has 110 valence electrons. The molecule has 0 amide bonds. The van der Waals surface area contributed by atoms with Gasteiger partial charge >= 0.3 is 5.97 Å². The summed E-state index contributed by atoms with van der Waals surface area (Å²) < 4.78 is 1.30. The summed E-state index contributed by atoms with van der Waals surface area (Å²) in [7, 11) is 0. The summed E-state index contributed by atoms with van der Waals surface area (Å²) >= 11 is 0. The fraction of sp³-hybridized carbons (Fsp3) is 0.267. The van der Waals surface area contributed by atoms with E-state index in [0.29, 0.717) is 18.5 Å². The molecule has 0 saturated heterocycles. The molecule has 1 aromatic heterocycles. The average Bonchev–Trinajstić information content (AvgIpc) is 2.45. The lowest BCUT2D eigenvalue weighted by Crippen LogP contribution is -2.25. The molecule has 1 heterocycles. The van der Waals surface area contributed by atoms with Crippen LogP contribution in [0.4, 0.5) is 0 Å². The molecule has 0 atom stereocenters. The van der Waals surface area contributed by atoms with Crippen LogP contribution in [-0.2, 0) is 6.54 Å². The quantitative estimate of drug-likeness (QED) is 0.898. The Labute approximate surface area is 121 Å². The Morgan fingerprint density at radius 2 is 1.90 bits per heavy atom. The van der Waals surface area contributed by atoms with Crippen LogP contribution in [0.1, 0.15) is 29.4 Å². The van der Waals surface area contributed by atoms with E-state index in [1.165, 1.54) is 4.57 Å². The first kappa shape index (κ1) is 14.8. The van der Waals surface area contributed by atoms with E-state index < -0.39 is 23.0 Å². The SMILES string of the molecule is CCCn1c(-c2ccc(C)cc2)nc(C(=O)O)c(O)c1=O. The Hall–Kier alpha value is -2.63. The molecule has 2 rings (SSSR count). The van der Waals surface area contributed by atoms with Crippen molar-refractivity contribution in [2.75, 3.05) is 0 Å². The van der Waals surface area contributed by atoms with Gasteiger partial charge in [0.05, 0.1) is 0 Å². The Morgan fingerprint density at radius 3 is 2.43 bits per heavy atom. The second-order valence-electron chi connectivity index (χ2n) is 4.76. The smallest absolute Gasteiger partial charge is 0.358 e. The topological polar surface area (TPSA) is 92.4 Å². The second-order valence-corrected chi connectivity index (χ2v) is 4.76. The highest BCUT2D eigenvalue weighted by Crippen LogP contribution is 2.20. The molecule has 0 unspecified atom stereocenters. The van der Waals surface area contributed by atoms with Crippen molar-refractivity contribution in [1.29, 1.82) is 0 Å². The molecule has 0 fully saturated rings. The molecular formula is C15H16N2O4. The van der Waals surface area contributed by atoms with E-state index in [1.807, 2.05) is 26.0 Å². The van der Waals surface area contributed by atoms with E-state index in [0.717, 1.165) is 5.56 Å². The molecule has 0 aliphatic rings. The maximum atomic E-state index is 12.2. The van der Waals surface area contributed by atoms with E-state index in [4.69, 9.17) is 5.11 Å². The zero-order valence-corrected chi connectivity index (χ0v) is 11.8. The van der Waals surface area contributed by atoms with Gasteiger partial charge in [0.25, 0.3) is 5.56 Å². The van der Waals surface area contributed by atoms with Crippen molar-refractivity contribution in [3.8, 4) is 17.1 Å². The van der Waals surface area contributed by atoms with E-state index in [9.17, 15) is 14.7 Å². The Balaban J connectivity index is 2.75. The Kier molecular flexibility index (Phi) is 4.07. The lowest BCUT2D eigenvalue weighted by atomic mass is 10.1. The highest BCUT2D eigenvalue weighted by molar-refractivity contribution is 5.88. The maximum absolute atomic E-state index is 12.2. The van der Waals surface area contributed by atoms with Gasteiger partial charge in [0.2, 0.25) is 5.75 Å². The van der Waals surface area contributed by atoms with Gasteiger partial charge in [0, 0.05) is 12.1 Å². The number of benzene rings is 1. The van der Waals surface area contributed by atoms with Crippen molar-refractivity contribution < 1.29 is 15.0 Å². The Bertz CT molecular complexity index is 733. The Morgan fingerprint density at radius 1 is 1.29 bits per heavy atom. The minimum absolute atomic E-state index is 0.247. The lowest BCUT2D eigenvalue weighted by molar-refractivity contribution is 0.0686. The van der Waals surface area contributed by atoms with Crippen LogP contribution in [0, 0.1) is 6.92 Å². The van der Waals surface area contributed by atoms with Gasteiger partial charge < -0.3 is 10.2 Å². The number of aromatic nitrogens is 2. The van der Waals surface area contributed by atoms with Crippen molar-refractivity contribution in [2.45, 2.75) is 26.8 Å². The predicted octanol–water partition coefficient (Wildman–Crippen LogP) is 2.03. The van der Waals surface area contributed by atoms with E-state index in [1.54, 1.807) is 12.1 Å². The molecule has 21 heavy (non-hydrogen) atoms. The summed E-state index contributed by atoms with van der Waals surface area (Å²) in [5.41, 5.74) is 0.316. The molecule has 0 radical (unpaired) electrons. The van der Waals surface area contributed by atoms with Crippen molar-refractivity contribution >= 4 is 5.97 Å². The van der Waals surface area contributed by atoms with E-state index in [-0.39, 0.29) is 5.82 Å². The number of hydrogen-bond acceptors (Lipinski definition) is 4. The first-order valence-corrected chi connectivity index (χ1v) is 6.59. The minimum atomic E-state index is -1.43. The summed E-state index contributed by atoms with van der Waals surface area (Å²) in [5, 5.41) is 18.8. The number of carboxylic acids is 1. The number of nitrogens with zero attached hydrogens (tertiary/aromatic N) is 2. The second kappa shape index (κ2) is 5.78. The van der Waals surface area contributed by atoms with Crippen molar-refractivity contribution in [2.24, 2.45) is 0 Å². The molecule has 2 aromatic rings. The van der Waals surface area contributed by atoms with Gasteiger partial charge in [-0.1, -0.05) is 36.8 Å². The molecular weight excluding hydrogens is 272 g/mol. The number of aromatic carboxylic acids is 1. The van der Waals surface area contributed by atoms with Crippen LogP contribution in [0.5, 0.6) is 5.75 Å². The van der Waals surface area contributed by atoms with Crippen LogP contribution in [0.2, 0.25) is 0 Å². The standard InChI is InChI=1S/C15H16N2O4/c1-3-8-17-13(10-6-4-9(2)5-7-10)16-11(15(20)21)12(18)14(17)19/h4-7,18H,3,8H2,1-2H3,(H,20,21). The number of carbonyl (C=O) groups is 1. The third-order valence-electron chi connectivity index (χ3n) is 3.10. The molecule has 0 saturated carbocycles. The first-order valence-electron chi connectivity index (χ1n) is 6.59. The zero-order chi connectivity index (χ0) is 15.6. The third-order valence-corrected chi connectivity index (χ3v) is 3.10. The van der Waals surface area contributed by atoms with Crippen molar-refractivity contribution in [1.82, 2.24) is 9.55 Å². The highest BCUT2D eigenvalue weighted by atomic mass is 16.4. The van der Waals surface area contributed by atoms with Crippen LogP contribution < -0.4 is 5.56 Å². The molecule has 6 nitrogen and oxygen atoms in total. The summed E-state index contributed by atoms with van der Waals surface area (Å²) in [4.78, 5) is 27.2. The lowest BCUT2D eigenvalue weighted by Gasteiger charge is -2.13. The zero-order valence-electron chi connectivity index (χ0n) is 11.8.